The van der Waals surface area contributed by atoms with Crippen molar-refractivity contribution in [3.63, 3.8) is 0 Å². The third-order valence-electron chi connectivity index (χ3n) is 4.68. The zero-order chi connectivity index (χ0) is 19.0. The van der Waals surface area contributed by atoms with Gasteiger partial charge in [-0.25, -0.2) is 12.8 Å². The summed E-state index contributed by atoms with van der Waals surface area (Å²) in [4.78, 5) is 4.43. The van der Waals surface area contributed by atoms with Gasteiger partial charge in [-0.2, -0.15) is 0 Å². The summed E-state index contributed by atoms with van der Waals surface area (Å²) in [5.74, 6) is -0.110. The maximum Gasteiger partial charge on any atom is 0.235 e. The molecule has 1 N–H and O–H groups in total. The Hall–Kier alpha value is -2.67. The van der Waals surface area contributed by atoms with Gasteiger partial charge in [0.25, 0.3) is 0 Å². The van der Waals surface area contributed by atoms with E-state index in [-0.39, 0.29) is 11.6 Å². The fraction of sp³-hybridized carbons (Fsp3) is 0.250. The highest BCUT2D eigenvalue weighted by Gasteiger charge is 2.28. The molecule has 2 heterocycles. The summed E-state index contributed by atoms with van der Waals surface area (Å²) in [6.45, 7) is 2.91. The van der Waals surface area contributed by atoms with Gasteiger partial charge in [0.2, 0.25) is 10.0 Å². The van der Waals surface area contributed by atoms with Gasteiger partial charge in [-0.3, -0.25) is 9.29 Å². The number of anilines is 2. The summed E-state index contributed by atoms with van der Waals surface area (Å²) in [6, 6.07) is 13.9. The Kier molecular flexibility index (Phi) is 4.47. The molecule has 0 bridgehead atoms. The molecule has 5 nitrogen and oxygen atoms in total. The van der Waals surface area contributed by atoms with Crippen molar-refractivity contribution in [2.45, 2.75) is 19.9 Å². The third kappa shape index (κ3) is 3.60. The number of aromatic nitrogens is 1. The monoisotopic (exact) mass is 385 g/mol. The number of benzene rings is 2. The van der Waals surface area contributed by atoms with Crippen molar-refractivity contribution in [3.8, 4) is 0 Å². The summed E-state index contributed by atoms with van der Waals surface area (Å²) < 4.78 is 39.4. The number of pyridine rings is 1. The maximum absolute atomic E-state index is 13.7. The number of hydrogen-bond acceptors (Lipinski definition) is 4. The Bertz CT molecular complexity index is 1120. The van der Waals surface area contributed by atoms with Gasteiger partial charge in [-0.15, -0.1) is 0 Å². The Balaban J connectivity index is 1.60. The molecule has 27 heavy (non-hydrogen) atoms. The molecule has 1 fully saturated rings. The summed E-state index contributed by atoms with van der Waals surface area (Å²) >= 11 is 0. The van der Waals surface area contributed by atoms with Crippen LogP contribution in [0.25, 0.3) is 10.9 Å². The lowest BCUT2D eigenvalue weighted by Crippen LogP contribution is -2.25. The van der Waals surface area contributed by atoms with Crippen molar-refractivity contribution < 1.29 is 12.8 Å². The Morgan fingerprint density at radius 1 is 1.19 bits per heavy atom. The summed E-state index contributed by atoms with van der Waals surface area (Å²) in [5.41, 5.74) is 4.02. The molecule has 0 aliphatic carbocycles. The number of halogens is 1. The normalized spacial score (nSPS) is 16.0. The second kappa shape index (κ2) is 6.81. The Morgan fingerprint density at radius 3 is 2.81 bits per heavy atom. The van der Waals surface area contributed by atoms with Gasteiger partial charge < -0.3 is 5.32 Å². The van der Waals surface area contributed by atoms with Crippen LogP contribution in [0.15, 0.2) is 48.5 Å². The second-order valence-corrected chi connectivity index (χ2v) is 8.75. The molecule has 0 spiro atoms. The molecule has 1 aliphatic heterocycles. The molecule has 7 heteroatoms. The number of rotatable bonds is 4. The predicted octanol–water partition coefficient (Wildman–Crippen LogP) is 3.83. The van der Waals surface area contributed by atoms with Gasteiger partial charge >= 0.3 is 0 Å². The van der Waals surface area contributed by atoms with Crippen LogP contribution in [0.3, 0.4) is 0 Å². The second-order valence-electron chi connectivity index (χ2n) is 6.74. The molecule has 0 radical (unpaired) electrons. The maximum atomic E-state index is 13.7. The molecule has 4 rings (SSSR count). The van der Waals surface area contributed by atoms with Crippen molar-refractivity contribution in [1.82, 2.24) is 4.98 Å². The van der Waals surface area contributed by atoms with Crippen LogP contribution >= 0.6 is 0 Å². The number of nitrogens with zero attached hydrogens (tertiary/aromatic N) is 2. The first-order valence-electron chi connectivity index (χ1n) is 8.82. The molecule has 1 saturated heterocycles. The predicted molar refractivity (Wildman–Crippen MR) is 106 cm³/mol. The van der Waals surface area contributed by atoms with Crippen LogP contribution in [0.5, 0.6) is 0 Å². The minimum absolute atomic E-state index is 0.198. The van der Waals surface area contributed by atoms with E-state index in [0.29, 0.717) is 25.2 Å². The number of fused-ring (bicyclic) bond motifs is 1. The van der Waals surface area contributed by atoms with Gasteiger partial charge in [0, 0.05) is 29.9 Å². The minimum atomic E-state index is -3.20. The molecule has 0 atom stereocenters. The van der Waals surface area contributed by atoms with Gasteiger partial charge in [0.05, 0.1) is 17.0 Å². The van der Waals surface area contributed by atoms with Crippen LogP contribution in [0.2, 0.25) is 0 Å². The molecular formula is C20H20FN3O2S. The zero-order valence-corrected chi connectivity index (χ0v) is 15.8. The van der Waals surface area contributed by atoms with Gasteiger partial charge in [0.15, 0.2) is 0 Å². The lowest BCUT2D eigenvalue weighted by atomic mass is 10.1. The van der Waals surface area contributed by atoms with E-state index in [9.17, 15) is 12.8 Å². The first-order valence-corrected chi connectivity index (χ1v) is 10.4. The highest BCUT2D eigenvalue weighted by molar-refractivity contribution is 7.93. The first-order chi connectivity index (χ1) is 12.9. The van der Waals surface area contributed by atoms with E-state index in [0.717, 1.165) is 27.8 Å². The summed E-state index contributed by atoms with van der Waals surface area (Å²) in [7, 11) is -3.20. The van der Waals surface area contributed by atoms with Crippen molar-refractivity contribution in [2.75, 3.05) is 21.9 Å². The van der Waals surface area contributed by atoms with Crippen LogP contribution < -0.4 is 9.62 Å². The van der Waals surface area contributed by atoms with Crippen LogP contribution in [-0.4, -0.2) is 25.7 Å². The standard InChI is InChI=1S/C20H20FN3O2S/c1-14-10-20(18-12-16(21)6-7-19(18)23-14)22-13-15-4-2-5-17(11-15)24-8-3-9-27(24,25)26/h2,4-7,10-12H,3,8-9,13H2,1H3,(H,22,23). The van der Waals surface area contributed by atoms with Crippen molar-refractivity contribution in [1.29, 1.82) is 0 Å². The largest absolute Gasteiger partial charge is 0.380 e. The van der Waals surface area contributed by atoms with Crippen molar-refractivity contribution in [2.24, 2.45) is 0 Å². The van der Waals surface area contributed by atoms with Crippen molar-refractivity contribution >= 4 is 32.3 Å². The average Bonchev–Trinajstić information content (AvgIpc) is 2.99. The number of nitrogens with one attached hydrogen (secondary N) is 1. The lowest BCUT2D eigenvalue weighted by molar-refractivity contribution is 0.599. The van der Waals surface area contributed by atoms with E-state index in [1.54, 1.807) is 6.07 Å². The molecule has 1 aromatic heterocycles. The van der Waals surface area contributed by atoms with E-state index in [4.69, 9.17) is 0 Å². The number of sulfonamides is 1. The summed E-state index contributed by atoms with van der Waals surface area (Å²) in [6.07, 6.45) is 0.651. The van der Waals surface area contributed by atoms with E-state index in [2.05, 4.69) is 10.3 Å². The van der Waals surface area contributed by atoms with Gasteiger partial charge in [-0.05, 0) is 55.3 Å². The van der Waals surface area contributed by atoms with Crippen LogP contribution in [0.4, 0.5) is 15.8 Å². The third-order valence-corrected chi connectivity index (χ3v) is 6.55. The van der Waals surface area contributed by atoms with Crippen LogP contribution in [0, 0.1) is 12.7 Å². The van der Waals surface area contributed by atoms with E-state index >= 15 is 0 Å². The van der Waals surface area contributed by atoms with E-state index < -0.39 is 10.0 Å². The number of hydrogen-bond donors (Lipinski definition) is 1. The number of aryl methyl sites for hydroxylation is 1. The van der Waals surface area contributed by atoms with E-state index in [1.807, 2.05) is 37.3 Å². The van der Waals surface area contributed by atoms with Crippen LogP contribution in [-0.2, 0) is 16.6 Å². The van der Waals surface area contributed by atoms with Gasteiger partial charge in [-0.1, -0.05) is 12.1 Å². The van der Waals surface area contributed by atoms with Crippen LogP contribution in [0.1, 0.15) is 17.7 Å². The smallest absolute Gasteiger partial charge is 0.235 e. The Morgan fingerprint density at radius 2 is 2.04 bits per heavy atom. The molecular weight excluding hydrogens is 365 g/mol. The average molecular weight is 385 g/mol. The van der Waals surface area contributed by atoms with E-state index in [1.165, 1.54) is 16.4 Å². The molecule has 140 valence electrons. The fourth-order valence-corrected chi connectivity index (χ4v) is 4.98. The molecule has 0 amide bonds. The SMILES string of the molecule is Cc1cc(NCc2cccc(N3CCCS3(=O)=O)c2)c2cc(F)ccc2n1. The molecule has 3 aromatic rings. The fourth-order valence-electron chi connectivity index (χ4n) is 3.43. The first kappa shape index (κ1) is 17.7. The zero-order valence-electron chi connectivity index (χ0n) is 14.9. The summed E-state index contributed by atoms with van der Waals surface area (Å²) in [5, 5.41) is 4.06. The quantitative estimate of drug-likeness (QED) is 0.741. The minimum Gasteiger partial charge on any atom is -0.380 e. The van der Waals surface area contributed by atoms with Gasteiger partial charge in [0.1, 0.15) is 5.82 Å². The topological polar surface area (TPSA) is 62.3 Å². The molecule has 0 saturated carbocycles. The lowest BCUT2D eigenvalue weighted by Gasteiger charge is -2.18. The molecule has 2 aromatic carbocycles. The highest BCUT2D eigenvalue weighted by atomic mass is 32.2. The van der Waals surface area contributed by atoms with Crippen molar-refractivity contribution in [3.05, 3.63) is 65.6 Å². The highest BCUT2D eigenvalue weighted by Crippen LogP contribution is 2.27. The molecule has 0 unspecified atom stereocenters. The Labute approximate surface area is 157 Å². The molecule has 1 aliphatic rings.